The van der Waals surface area contributed by atoms with E-state index in [4.69, 9.17) is 0 Å². The lowest BCUT2D eigenvalue weighted by Gasteiger charge is -2.10. The van der Waals surface area contributed by atoms with Crippen LogP contribution in [-0.2, 0) is 0 Å². The van der Waals surface area contributed by atoms with Gasteiger partial charge < -0.3 is 15.7 Å². The van der Waals surface area contributed by atoms with Crippen LogP contribution < -0.4 is 10.6 Å². The van der Waals surface area contributed by atoms with Gasteiger partial charge in [-0.2, -0.15) is 0 Å². The molecular weight excluding hydrogens is 236 g/mol. The van der Waals surface area contributed by atoms with E-state index in [1.807, 2.05) is 6.92 Å². The molecule has 0 radical (unpaired) electrons. The van der Waals surface area contributed by atoms with Crippen LogP contribution in [0.3, 0.4) is 0 Å². The van der Waals surface area contributed by atoms with E-state index in [1.54, 1.807) is 7.05 Å². The van der Waals surface area contributed by atoms with E-state index >= 15 is 0 Å². The topological polar surface area (TPSA) is 100 Å². The molecule has 0 bridgehead atoms. The van der Waals surface area contributed by atoms with Gasteiger partial charge in [-0.05, 0) is 12.8 Å². The molecule has 0 amide bonds. The summed E-state index contributed by atoms with van der Waals surface area (Å²) in [7, 11) is 1.65. The second-order valence-electron chi connectivity index (χ2n) is 3.88. The van der Waals surface area contributed by atoms with Crippen molar-refractivity contribution in [3.63, 3.8) is 0 Å². The maximum Gasteiger partial charge on any atom is 0.276 e. The summed E-state index contributed by atoms with van der Waals surface area (Å²) in [6.45, 7) is 2.42. The maximum absolute atomic E-state index is 10.7. The molecule has 1 aromatic heterocycles. The summed E-state index contributed by atoms with van der Waals surface area (Å²) in [6, 6.07) is 2.74. The first-order valence-electron chi connectivity index (χ1n) is 5.83. The SMILES string of the molecule is CCC(O)CCNc1cc([N+](=O)[O-])cc(NC)n1. The molecule has 100 valence electrons. The van der Waals surface area contributed by atoms with Gasteiger partial charge in [0.1, 0.15) is 11.6 Å². The van der Waals surface area contributed by atoms with Crippen LogP contribution in [0.4, 0.5) is 17.3 Å². The molecule has 3 N–H and O–H groups in total. The third kappa shape index (κ3) is 4.17. The predicted octanol–water partition coefficient (Wildman–Crippen LogP) is 1.60. The molecule has 0 spiro atoms. The second kappa shape index (κ2) is 6.75. The van der Waals surface area contributed by atoms with Gasteiger partial charge in [-0.25, -0.2) is 4.98 Å². The van der Waals surface area contributed by atoms with Crippen molar-refractivity contribution in [2.24, 2.45) is 0 Å². The van der Waals surface area contributed by atoms with Crippen molar-refractivity contribution in [1.29, 1.82) is 0 Å². The Kier molecular flexibility index (Phi) is 5.31. The van der Waals surface area contributed by atoms with Crippen molar-refractivity contribution < 1.29 is 10.0 Å². The molecule has 0 aliphatic rings. The first-order valence-corrected chi connectivity index (χ1v) is 5.83. The lowest BCUT2D eigenvalue weighted by molar-refractivity contribution is -0.384. The molecule has 7 heteroatoms. The van der Waals surface area contributed by atoms with Gasteiger partial charge >= 0.3 is 0 Å². The second-order valence-corrected chi connectivity index (χ2v) is 3.88. The van der Waals surface area contributed by atoms with Crippen molar-refractivity contribution >= 4 is 17.3 Å². The van der Waals surface area contributed by atoms with Gasteiger partial charge in [0.05, 0.1) is 23.2 Å². The highest BCUT2D eigenvalue weighted by molar-refractivity contribution is 5.54. The van der Waals surface area contributed by atoms with Gasteiger partial charge in [0.25, 0.3) is 5.69 Å². The van der Waals surface area contributed by atoms with Crippen LogP contribution in [0.5, 0.6) is 0 Å². The molecule has 0 fully saturated rings. The van der Waals surface area contributed by atoms with Crippen LogP contribution in [0.1, 0.15) is 19.8 Å². The van der Waals surface area contributed by atoms with Gasteiger partial charge in [0, 0.05) is 13.6 Å². The molecule has 1 rings (SSSR count). The minimum Gasteiger partial charge on any atom is -0.393 e. The highest BCUT2D eigenvalue weighted by Crippen LogP contribution is 2.20. The van der Waals surface area contributed by atoms with E-state index in [1.165, 1.54) is 12.1 Å². The molecule has 1 atom stereocenters. The highest BCUT2D eigenvalue weighted by atomic mass is 16.6. The van der Waals surface area contributed by atoms with Crippen LogP contribution >= 0.6 is 0 Å². The van der Waals surface area contributed by atoms with E-state index in [-0.39, 0.29) is 11.8 Å². The van der Waals surface area contributed by atoms with Gasteiger partial charge in [-0.3, -0.25) is 10.1 Å². The Bertz CT molecular complexity index is 411. The predicted molar refractivity (Wildman–Crippen MR) is 69.8 cm³/mol. The molecule has 0 saturated heterocycles. The third-order valence-electron chi connectivity index (χ3n) is 2.53. The van der Waals surface area contributed by atoms with Crippen molar-refractivity contribution in [2.45, 2.75) is 25.9 Å². The van der Waals surface area contributed by atoms with Crippen molar-refractivity contribution in [3.8, 4) is 0 Å². The van der Waals surface area contributed by atoms with Crippen molar-refractivity contribution in [2.75, 3.05) is 24.2 Å². The molecule has 1 aromatic rings. The number of pyridine rings is 1. The number of aliphatic hydroxyl groups excluding tert-OH is 1. The Morgan fingerprint density at radius 2 is 2.17 bits per heavy atom. The first-order chi connectivity index (χ1) is 8.56. The lowest BCUT2D eigenvalue weighted by atomic mass is 10.2. The molecule has 0 aromatic carbocycles. The number of aliphatic hydroxyl groups is 1. The Morgan fingerprint density at radius 1 is 1.50 bits per heavy atom. The minimum absolute atomic E-state index is 0.0205. The Labute approximate surface area is 105 Å². The molecule has 0 aliphatic heterocycles. The number of nitrogens with zero attached hydrogens (tertiary/aromatic N) is 2. The highest BCUT2D eigenvalue weighted by Gasteiger charge is 2.10. The normalized spacial score (nSPS) is 11.9. The molecule has 7 nitrogen and oxygen atoms in total. The summed E-state index contributed by atoms with van der Waals surface area (Å²) in [5.41, 5.74) is -0.0205. The number of nitrogens with one attached hydrogen (secondary N) is 2. The fourth-order valence-corrected chi connectivity index (χ4v) is 1.41. The van der Waals surface area contributed by atoms with Gasteiger partial charge in [-0.1, -0.05) is 6.92 Å². The van der Waals surface area contributed by atoms with E-state index in [9.17, 15) is 15.2 Å². The van der Waals surface area contributed by atoms with Crippen LogP contribution in [-0.4, -0.2) is 34.7 Å². The van der Waals surface area contributed by atoms with Gasteiger partial charge in [0.15, 0.2) is 0 Å². The van der Waals surface area contributed by atoms with Crippen molar-refractivity contribution in [1.82, 2.24) is 4.98 Å². The molecule has 18 heavy (non-hydrogen) atoms. The van der Waals surface area contributed by atoms with E-state index in [2.05, 4.69) is 15.6 Å². The number of hydrogen-bond donors (Lipinski definition) is 3. The number of rotatable bonds is 7. The quantitative estimate of drug-likeness (QED) is 0.505. The maximum atomic E-state index is 10.7. The average Bonchev–Trinajstić information content (AvgIpc) is 2.37. The van der Waals surface area contributed by atoms with Crippen LogP contribution in [0, 0.1) is 10.1 Å². The lowest BCUT2D eigenvalue weighted by Crippen LogP contribution is -2.13. The third-order valence-corrected chi connectivity index (χ3v) is 2.53. The Morgan fingerprint density at radius 3 is 2.72 bits per heavy atom. The van der Waals surface area contributed by atoms with Crippen LogP contribution in [0.25, 0.3) is 0 Å². The van der Waals surface area contributed by atoms with Crippen LogP contribution in [0.2, 0.25) is 0 Å². The fourth-order valence-electron chi connectivity index (χ4n) is 1.41. The zero-order valence-electron chi connectivity index (χ0n) is 10.5. The summed E-state index contributed by atoms with van der Waals surface area (Å²) < 4.78 is 0. The summed E-state index contributed by atoms with van der Waals surface area (Å²) in [4.78, 5) is 14.4. The molecule has 0 aliphatic carbocycles. The number of hydrogen-bond acceptors (Lipinski definition) is 6. The van der Waals surface area contributed by atoms with E-state index in [0.717, 1.165) is 0 Å². The summed E-state index contributed by atoms with van der Waals surface area (Å²) in [5, 5.41) is 25.9. The minimum atomic E-state index is -0.464. The van der Waals surface area contributed by atoms with Gasteiger partial charge in [0.2, 0.25) is 0 Å². The molecule has 1 unspecified atom stereocenters. The Balaban J connectivity index is 2.69. The smallest absolute Gasteiger partial charge is 0.276 e. The van der Waals surface area contributed by atoms with Gasteiger partial charge in [-0.15, -0.1) is 0 Å². The average molecular weight is 254 g/mol. The summed E-state index contributed by atoms with van der Waals surface area (Å²) >= 11 is 0. The molecular formula is C11H18N4O3. The Hall–Kier alpha value is -1.89. The molecule has 0 saturated carbocycles. The molecule has 1 heterocycles. The summed E-state index contributed by atoms with van der Waals surface area (Å²) in [6.07, 6.45) is 0.904. The number of aromatic nitrogens is 1. The van der Waals surface area contributed by atoms with E-state index < -0.39 is 4.92 Å². The monoisotopic (exact) mass is 254 g/mol. The number of anilines is 2. The summed E-state index contributed by atoms with van der Waals surface area (Å²) in [5.74, 6) is 0.861. The fraction of sp³-hybridized carbons (Fsp3) is 0.545. The van der Waals surface area contributed by atoms with Crippen LogP contribution in [0.15, 0.2) is 12.1 Å². The van der Waals surface area contributed by atoms with Crippen molar-refractivity contribution in [3.05, 3.63) is 22.2 Å². The zero-order chi connectivity index (χ0) is 13.5. The van der Waals surface area contributed by atoms with E-state index in [0.29, 0.717) is 31.0 Å². The number of nitro groups is 1. The first kappa shape index (κ1) is 14.2. The largest absolute Gasteiger partial charge is 0.393 e. The standard InChI is InChI=1S/C11H18N4O3/c1-3-9(16)4-5-13-11-7-8(15(17)18)6-10(12-2)14-11/h6-7,9,16H,3-5H2,1-2H3,(H2,12,13,14). The zero-order valence-corrected chi connectivity index (χ0v) is 10.5.